The molecule has 0 aromatic heterocycles. The first-order valence-corrected chi connectivity index (χ1v) is 8.96. The summed E-state index contributed by atoms with van der Waals surface area (Å²) < 4.78 is 1.79. The first-order chi connectivity index (χ1) is 12.2. The van der Waals surface area contributed by atoms with Crippen LogP contribution in [0.4, 0.5) is 0 Å². The molecular weight excluding hydrogens is 472 g/mol. The van der Waals surface area contributed by atoms with Crippen molar-refractivity contribution in [1.82, 2.24) is 0 Å². The Morgan fingerprint density at radius 2 is 1.19 bits per heavy atom. The van der Waals surface area contributed by atoms with Gasteiger partial charge in [0, 0.05) is 15.4 Å². The molecule has 0 unspecified atom stereocenters. The minimum absolute atomic E-state index is 0.196. The van der Waals surface area contributed by atoms with Crippen LogP contribution in [0.3, 0.4) is 0 Å². The van der Waals surface area contributed by atoms with Crippen molar-refractivity contribution in [2.75, 3.05) is 0 Å². The van der Waals surface area contributed by atoms with Crippen molar-refractivity contribution in [1.29, 1.82) is 0 Å². The van der Waals surface area contributed by atoms with Crippen molar-refractivity contribution in [3.63, 3.8) is 0 Å². The summed E-state index contributed by atoms with van der Waals surface area (Å²) >= 11 is 6.48. The Balaban J connectivity index is 0.000000263. The molecule has 0 radical (unpaired) electrons. The van der Waals surface area contributed by atoms with Gasteiger partial charge in [0.2, 0.25) is 0 Å². The van der Waals surface area contributed by atoms with Crippen LogP contribution in [0.15, 0.2) is 57.5 Å². The van der Waals surface area contributed by atoms with Crippen molar-refractivity contribution in [2.24, 2.45) is 0 Å². The highest BCUT2D eigenvalue weighted by atomic mass is 79.9. The molecule has 6 nitrogen and oxygen atoms in total. The molecule has 2 aromatic rings. The van der Waals surface area contributed by atoms with Gasteiger partial charge in [-0.2, -0.15) is 0 Å². The Kier molecular flexibility index (Phi) is 9.01. The number of aryl methyl sites for hydroxylation is 1. The topological polar surface area (TPSA) is 112 Å². The number of benzene rings is 2. The van der Waals surface area contributed by atoms with Gasteiger partial charge in [-0.3, -0.25) is 14.4 Å². The number of hydrogen-bond acceptors (Lipinski definition) is 3. The number of carboxylic acids is 3. The molecule has 2 aromatic carbocycles. The molecule has 0 saturated heterocycles. The minimum Gasteiger partial charge on any atom is -0.481 e. The molecule has 0 heterocycles. The zero-order valence-electron chi connectivity index (χ0n) is 13.4. The maximum absolute atomic E-state index is 10.6. The standard InChI is InChI=1S/C9H7BrO4.C9H9BrO2/c10-6-3-1-5(2-4-6)7(8(11)12)9(13)14;10-8-4-1-7(2-5-8)3-6-9(11)12/h1-4,7H,(H,11,12)(H,13,14);1-2,4-5H,3,6H2,(H,11,12). The second kappa shape index (κ2) is 10.7. The number of halogens is 2. The molecule has 0 bridgehead atoms. The number of carbonyl (C=O) groups is 3. The monoisotopic (exact) mass is 486 g/mol. The van der Waals surface area contributed by atoms with Crippen LogP contribution in [0.1, 0.15) is 23.5 Å². The van der Waals surface area contributed by atoms with Crippen LogP contribution in [0.2, 0.25) is 0 Å². The molecule has 26 heavy (non-hydrogen) atoms. The zero-order valence-corrected chi connectivity index (χ0v) is 16.6. The molecule has 0 aliphatic carbocycles. The van der Waals surface area contributed by atoms with Gasteiger partial charge in [0.25, 0.3) is 0 Å². The van der Waals surface area contributed by atoms with E-state index in [-0.39, 0.29) is 12.0 Å². The van der Waals surface area contributed by atoms with E-state index in [0.717, 1.165) is 14.5 Å². The summed E-state index contributed by atoms with van der Waals surface area (Å²) in [6, 6.07) is 13.8. The number of rotatable bonds is 6. The van der Waals surface area contributed by atoms with Crippen LogP contribution in [0, 0.1) is 0 Å². The van der Waals surface area contributed by atoms with Gasteiger partial charge in [0.1, 0.15) is 0 Å². The third-order valence-corrected chi connectivity index (χ3v) is 4.30. The van der Waals surface area contributed by atoms with Crippen LogP contribution in [0.25, 0.3) is 0 Å². The van der Waals surface area contributed by atoms with Crippen LogP contribution < -0.4 is 0 Å². The van der Waals surface area contributed by atoms with Gasteiger partial charge in [-0.25, -0.2) is 0 Å². The summed E-state index contributed by atoms with van der Waals surface area (Å²) in [5.74, 6) is -4.97. The fraction of sp³-hybridized carbons (Fsp3) is 0.167. The van der Waals surface area contributed by atoms with Gasteiger partial charge in [-0.15, -0.1) is 0 Å². The Bertz CT molecular complexity index is 742. The summed E-state index contributed by atoms with van der Waals surface area (Å²) in [6.07, 6.45) is 0.796. The molecule has 0 atom stereocenters. The molecule has 0 aliphatic heterocycles. The highest BCUT2D eigenvalue weighted by Crippen LogP contribution is 2.19. The molecule has 0 amide bonds. The smallest absolute Gasteiger partial charge is 0.322 e. The summed E-state index contributed by atoms with van der Waals surface area (Å²) in [5, 5.41) is 25.8. The van der Waals surface area contributed by atoms with E-state index in [1.807, 2.05) is 24.3 Å². The summed E-state index contributed by atoms with van der Waals surface area (Å²) in [6.45, 7) is 0. The second-order valence-electron chi connectivity index (χ2n) is 5.18. The normalized spacial score (nSPS) is 9.96. The molecule has 8 heteroatoms. The largest absolute Gasteiger partial charge is 0.481 e. The van der Waals surface area contributed by atoms with E-state index < -0.39 is 23.8 Å². The molecule has 138 valence electrons. The van der Waals surface area contributed by atoms with Gasteiger partial charge in [0.15, 0.2) is 5.92 Å². The maximum atomic E-state index is 10.6. The average molecular weight is 488 g/mol. The van der Waals surface area contributed by atoms with Crippen LogP contribution >= 0.6 is 31.9 Å². The van der Waals surface area contributed by atoms with Crippen molar-refractivity contribution in [3.05, 3.63) is 68.6 Å². The van der Waals surface area contributed by atoms with E-state index in [2.05, 4.69) is 31.9 Å². The first-order valence-electron chi connectivity index (χ1n) is 7.38. The summed E-state index contributed by atoms with van der Waals surface area (Å²) in [5.41, 5.74) is 1.31. The van der Waals surface area contributed by atoms with Crippen molar-refractivity contribution < 1.29 is 29.7 Å². The lowest BCUT2D eigenvalue weighted by molar-refractivity contribution is -0.150. The molecule has 0 spiro atoms. The van der Waals surface area contributed by atoms with E-state index >= 15 is 0 Å². The Morgan fingerprint density at radius 1 is 0.769 bits per heavy atom. The van der Waals surface area contributed by atoms with Crippen LogP contribution in [0.5, 0.6) is 0 Å². The summed E-state index contributed by atoms with van der Waals surface area (Å²) in [4.78, 5) is 31.5. The molecule has 3 N–H and O–H groups in total. The minimum atomic E-state index is -1.50. The predicted molar refractivity (Wildman–Crippen MR) is 102 cm³/mol. The van der Waals surface area contributed by atoms with Crippen molar-refractivity contribution >= 4 is 49.8 Å². The third kappa shape index (κ3) is 7.79. The maximum Gasteiger partial charge on any atom is 0.322 e. The SMILES string of the molecule is O=C(O)C(C(=O)O)c1ccc(Br)cc1.O=C(O)CCc1ccc(Br)cc1. The first kappa shape index (κ1) is 21.9. The van der Waals surface area contributed by atoms with Crippen LogP contribution in [-0.2, 0) is 20.8 Å². The quantitative estimate of drug-likeness (QED) is 0.527. The van der Waals surface area contributed by atoms with Crippen molar-refractivity contribution in [2.45, 2.75) is 18.8 Å². The van der Waals surface area contributed by atoms with Gasteiger partial charge < -0.3 is 15.3 Å². The lowest BCUT2D eigenvalue weighted by atomic mass is 10.00. The van der Waals surface area contributed by atoms with E-state index in [0.29, 0.717) is 6.42 Å². The Labute approximate surface area is 166 Å². The van der Waals surface area contributed by atoms with E-state index in [1.54, 1.807) is 12.1 Å². The van der Waals surface area contributed by atoms with Crippen LogP contribution in [-0.4, -0.2) is 33.2 Å². The number of carboxylic acid groups (broad SMARTS) is 3. The van der Waals surface area contributed by atoms with Crippen molar-refractivity contribution in [3.8, 4) is 0 Å². The fourth-order valence-corrected chi connectivity index (χ4v) is 2.48. The Morgan fingerprint density at radius 3 is 1.58 bits per heavy atom. The van der Waals surface area contributed by atoms with Gasteiger partial charge in [-0.1, -0.05) is 56.1 Å². The van der Waals surface area contributed by atoms with Gasteiger partial charge in [0.05, 0.1) is 0 Å². The van der Waals surface area contributed by atoms with E-state index in [4.69, 9.17) is 15.3 Å². The van der Waals surface area contributed by atoms with Gasteiger partial charge >= 0.3 is 17.9 Å². The Hall–Kier alpha value is -2.19. The van der Waals surface area contributed by atoms with Gasteiger partial charge in [-0.05, 0) is 41.8 Å². The second-order valence-corrected chi connectivity index (χ2v) is 7.01. The molecule has 2 rings (SSSR count). The lowest BCUT2D eigenvalue weighted by Gasteiger charge is -2.06. The third-order valence-electron chi connectivity index (χ3n) is 3.24. The van der Waals surface area contributed by atoms with E-state index in [9.17, 15) is 14.4 Å². The zero-order chi connectivity index (χ0) is 19.7. The predicted octanol–water partition coefficient (Wildman–Crippen LogP) is 4.17. The fourth-order valence-electron chi connectivity index (χ4n) is 1.95. The van der Waals surface area contributed by atoms with E-state index in [1.165, 1.54) is 12.1 Å². The number of aliphatic carboxylic acids is 3. The highest BCUT2D eigenvalue weighted by Gasteiger charge is 2.27. The highest BCUT2D eigenvalue weighted by molar-refractivity contribution is 9.10. The number of hydrogen-bond donors (Lipinski definition) is 3. The average Bonchev–Trinajstić information content (AvgIpc) is 2.56. The lowest BCUT2D eigenvalue weighted by Crippen LogP contribution is -2.20. The molecule has 0 saturated carbocycles. The molecule has 0 fully saturated rings. The molecular formula is C18H16Br2O6. The summed E-state index contributed by atoms with van der Waals surface area (Å²) in [7, 11) is 0. The molecule has 0 aliphatic rings.